The first-order chi connectivity index (χ1) is 14.1. The molecule has 2 atom stereocenters. The van der Waals surface area contributed by atoms with E-state index in [4.69, 9.17) is 4.74 Å². The highest BCUT2D eigenvalue weighted by Gasteiger charge is 2.33. The Labute approximate surface area is 167 Å². The first-order valence-electron chi connectivity index (χ1n) is 9.69. The number of hydrogen-bond acceptors (Lipinski definition) is 6. The maximum atomic E-state index is 12.0. The summed E-state index contributed by atoms with van der Waals surface area (Å²) in [5.74, 6) is 1.22. The van der Waals surface area contributed by atoms with Crippen LogP contribution >= 0.6 is 0 Å². The van der Waals surface area contributed by atoms with Gasteiger partial charge in [-0.2, -0.15) is 5.10 Å². The molecule has 0 aliphatic carbocycles. The Morgan fingerprint density at radius 2 is 2.10 bits per heavy atom. The van der Waals surface area contributed by atoms with E-state index in [1.54, 1.807) is 13.3 Å². The van der Waals surface area contributed by atoms with Gasteiger partial charge in [0.25, 0.3) is 5.56 Å². The number of ether oxygens (including phenoxy) is 1. The molecule has 1 aliphatic rings. The van der Waals surface area contributed by atoms with Gasteiger partial charge in [-0.1, -0.05) is 6.92 Å². The molecule has 0 saturated carbocycles. The van der Waals surface area contributed by atoms with Crippen LogP contribution in [0.1, 0.15) is 18.5 Å². The maximum absolute atomic E-state index is 12.0. The quantitative estimate of drug-likeness (QED) is 0.575. The summed E-state index contributed by atoms with van der Waals surface area (Å²) in [6, 6.07) is 8.22. The van der Waals surface area contributed by atoms with E-state index in [2.05, 4.69) is 37.9 Å². The van der Waals surface area contributed by atoms with Crippen molar-refractivity contribution in [2.45, 2.75) is 19.5 Å². The fourth-order valence-electron chi connectivity index (χ4n) is 4.30. The Morgan fingerprint density at radius 1 is 1.21 bits per heavy atom. The molecule has 4 heterocycles. The molecule has 4 aromatic rings. The second-order valence-corrected chi connectivity index (χ2v) is 7.65. The summed E-state index contributed by atoms with van der Waals surface area (Å²) >= 11 is 0. The number of aromatic amines is 1. The Hall–Kier alpha value is -3.26. The molecule has 8 nitrogen and oxygen atoms in total. The molecule has 3 aromatic heterocycles. The summed E-state index contributed by atoms with van der Waals surface area (Å²) < 4.78 is 7.30. The average molecular weight is 390 g/mol. The van der Waals surface area contributed by atoms with Crippen molar-refractivity contribution in [3.05, 3.63) is 58.9 Å². The molecular formula is C21H22N6O2. The number of likely N-dealkylation sites (tertiary alicyclic amines) is 1. The van der Waals surface area contributed by atoms with E-state index in [-0.39, 0.29) is 11.6 Å². The van der Waals surface area contributed by atoms with Crippen molar-refractivity contribution in [2.75, 3.05) is 20.2 Å². The van der Waals surface area contributed by atoms with Crippen molar-refractivity contribution in [3.8, 4) is 5.75 Å². The highest BCUT2D eigenvalue weighted by molar-refractivity contribution is 5.83. The number of hydrogen-bond donors (Lipinski definition) is 1. The molecule has 1 N–H and O–H groups in total. The minimum atomic E-state index is -0.152. The normalized spacial score (nSPS) is 19.9. The van der Waals surface area contributed by atoms with Crippen molar-refractivity contribution < 1.29 is 4.74 Å². The molecule has 1 fully saturated rings. The number of benzene rings is 1. The van der Waals surface area contributed by atoms with Gasteiger partial charge >= 0.3 is 0 Å². The van der Waals surface area contributed by atoms with Crippen LogP contribution in [0.5, 0.6) is 5.75 Å². The molecule has 148 valence electrons. The van der Waals surface area contributed by atoms with Crippen LogP contribution in [-0.2, 0) is 6.54 Å². The summed E-state index contributed by atoms with van der Waals surface area (Å²) in [5.41, 5.74) is 2.68. The van der Waals surface area contributed by atoms with Gasteiger partial charge in [0, 0.05) is 31.2 Å². The van der Waals surface area contributed by atoms with Crippen LogP contribution in [0.2, 0.25) is 0 Å². The zero-order chi connectivity index (χ0) is 20.0. The third kappa shape index (κ3) is 3.05. The van der Waals surface area contributed by atoms with Crippen LogP contribution in [0.25, 0.3) is 21.9 Å². The Balaban J connectivity index is 1.44. The molecule has 2 unspecified atom stereocenters. The number of H-pyrrole nitrogens is 1. The molecule has 1 saturated heterocycles. The summed E-state index contributed by atoms with van der Waals surface area (Å²) in [6.45, 7) is 4.84. The molecule has 0 bridgehead atoms. The fourth-order valence-corrected chi connectivity index (χ4v) is 4.30. The smallest absolute Gasteiger partial charge is 0.261 e. The zero-order valence-electron chi connectivity index (χ0n) is 16.4. The van der Waals surface area contributed by atoms with Crippen LogP contribution < -0.4 is 10.3 Å². The predicted octanol–water partition coefficient (Wildman–Crippen LogP) is 2.37. The van der Waals surface area contributed by atoms with Gasteiger partial charge in [0.15, 0.2) is 5.65 Å². The van der Waals surface area contributed by atoms with Crippen LogP contribution in [0.3, 0.4) is 0 Å². The number of pyridine rings is 1. The van der Waals surface area contributed by atoms with Crippen LogP contribution in [-0.4, -0.2) is 49.8 Å². The first-order valence-corrected chi connectivity index (χ1v) is 9.69. The highest BCUT2D eigenvalue weighted by atomic mass is 16.5. The molecular weight excluding hydrogens is 368 g/mol. The second-order valence-electron chi connectivity index (χ2n) is 7.65. The standard InChI is InChI=1S/C21H22N6O2/c1-13-9-26(10-14-5-6-22-18-4-3-15(29-2)7-16(14)18)11-19(13)27-20-17(8-25-27)21(28)24-12-23-20/h3-8,12-13,19H,9-11H2,1-2H3,(H,23,24,28). The minimum absolute atomic E-state index is 0.152. The SMILES string of the molecule is COc1ccc2nccc(CN3CC(C)C(n4ncc5c(=O)[nH]cnc54)C3)c2c1. The van der Waals surface area contributed by atoms with E-state index < -0.39 is 0 Å². The van der Waals surface area contributed by atoms with Gasteiger partial charge in [-0.05, 0) is 35.7 Å². The second kappa shape index (κ2) is 6.97. The van der Waals surface area contributed by atoms with Crippen molar-refractivity contribution in [1.29, 1.82) is 0 Å². The number of nitrogens with one attached hydrogen (secondary N) is 1. The van der Waals surface area contributed by atoms with Crippen LogP contribution in [0.15, 0.2) is 47.8 Å². The first kappa shape index (κ1) is 17.8. The van der Waals surface area contributed by atoms with E-state index in [1.165, 1.54) is 11.9 Å². The topological polar surface area (TPSA) is 88.9 Å². The van der Waals surface area contributed by atoms with E-state index in [9.17, 15) is 4.79 Å². The highest BCUT2D eigenvalue weighted by Crippen LogP contribution is 2.31. The molecule has 5 rings (SSSR count). The number of methoxy groups -OCH3 is 1. The molecule has 0 amide bonds. The van der Waals surface area contributed by atoms with Crippen LogP contribution in [0, 0.1) is 5.92 Å². The number of rotatable bonds is 4. The lowest BCUT2D eigenvalue weighted by molar-refractivity contribution is 0.313. The van der Waals surface area contributed by atoms with Gasteiger partial charge in [0.2, 0.25) is 0 Å². The minimum Gasteiger partial charge on any atom is -0.497 e. The van der Waals surface area contributed by atoms with E-state index in [1.807, 2.05) is 29.1 Å². The molecule has 0 radical (unpaired) electrons. The largest absolute Gasteiger partial charge is 0.497 e. The van der Waals surface area contributed by atoms with Gasteiger partial charge in [-0.25, -0.2) is 9.67 Å². The van der Waals surface area contributed by atoms with E-state index in [0.29, 0.717) is 17.0 Å². The maximum Gasteiger partial charge on any atom is 0.261 e. The van der Waals surface area contributed by atoms with Gasteiger partial charge in [0.1, 0.15) is 11.1 Å². The lowest BCUT2D eigenvalue weighted by Gasteiger charge is -2.18. The fraction of sp³-hybridized carbons (Fsp3) is 0.333. The molecule has 0 spiro atoms. The Kier molecular flexibility index (Phi) is 4.28. The number of nitrogens with zero attached hydrogens (tertiary/aromatic N) is 5. The van der Waals surface area contributed by atoms with E-state index in [0.717, 1.165) is 36.3 Å². The Bertz CT molecular complexity index is 1250. The monoisotopic (exact) mass is 390 g/mol. The molecule has 1 aromatic carbocycles. The summed E-state index contributed by atoms with van der Waals surface area (Å²) in [5, 5.41) is 6.13. The van der Waals surface area contributed by atoms with Crippen LogP contribution in [0.4, 0.5) is 0 Å². The third-order valence-corrected chi connectivity index (χ3v) is 5.79. The van der Waals surface area contributed by atoms with E-state index >= 15 is 0 Å². The molecule has 8 heteroatoms. The third-order valence-electron chi connectivity index (χ3n) is 5.79. The summed E-state index contributed by atoms with van der Waals surface area (Å²) in [6.07, 6.45) is 4.91. The van der Waals surface area contributed by atoms with Crippen molar-refractivity contribution >= 4 is 21.9 Å². The average Bonchev–Trinajstić information content (AvgIpc) is 3.32. The molecule has 1 aliphatic heterocycles. The van der Waals surface area contributed by atoms with Crippen molar-refractivity contribution in [1.82, 2.24) is 29.6 Å². The summed E-state index contributed by atoms with van der Waals surface area (Å²) in [7, 11) is 1.68. The van der Waals surface area contributed by atoms with Gasteiger partial charge in [-0.3, -0.25) is 14.7 Å². The predicted molar refractivity (Wildman–Crippen MR) is 110 cm³/mol. The van der Waals surface area contributed by atoms with Crippen molar-refractivity contribution in [3.63, 3.8) is 0 Å². The Morgan fingerprint density at radius 3 is 2.97 bits per heavy atom. The van der Waals surface area contributed by atoms with Gasteiger partial charge < -0.3 is 9.72 Å². The summed E-state index contributed by atoms with van der Waals surface area (Å²) in [4.78, 5) is 25.9. The number of fused-ring (bicyclic) bond motifs is 2. The molecule has 29 heavy (non-hydrogen) atoms. The van der Waals surface area contributed by atoms with Gasteiger partial charge in [0.05, 0.1) is 31.2 Å². The van der Waals surface area contributed by atoms with Crippen molar-refractivity contribution in [2.24, 2.45) is 5.92 Å². The lowest BCUT2D eigenvalue weighted by atomic mass is 10.1. The lowest BCUT2D eigenvalue weighted by Crippen LogP contribution is -2.22. The number of aromatic nitrogens is 5. The zero-order valence-corrected chi connectivity index (χ0v) is 16.4. The van der Waals surface area contributed by atoms with Gasteiger partial charge in [-0.15, -0.1) is 0 Å².